The fraction of sp³-hybridized carbons (Fsp3) is 0.692. The number of urea groups is 1. The molecule has 0 saturated carbocycles. The number of carbonyl (C=O) groups is 2. The number of piperidine rings is 1. The smallest absolute Gasteiger partial charge is 0.317 e. The van der Waals surface area contributed by atoms with Gasteiger partial charge in [0.25, 0.3) is 0 Å². The van der Waals surface area contributed by atoms with Gasteiger partial charge in [-0.1, -0.05) is 12.2 Å². The van der Waals surface area contributed by atoms with E-state index in [0.717, 1.165) is 19.4 Å². The van der Waals surface area contributed by atoms with Crippen LogP contribution in [0.15, 0.2) is 12.2 Å². The van der Waals surface area contributed by atoms with Gasteiger partial charge in [-0.2, -0.15) is 0 Å². The van der Waals surface area contributed by atoms with Crippen LogP contribution < -0.4 is 5.32 Å². The van der Waals surface area contributed by atoms with Gasteiger partial charge in [0.15, 0.2) is 0 Å². The minimum atomic E-state index is -0.842. The van der Waals surface area contributed by atoms with Crippen molar-refractivity contribution >= 4 is 12.0 Å². The molecule has 3 atom stereocenters. The number of likely N-dealkylation sites (tertiary alicyclic amines) is 1. The molecule has 6 heteroatoms. The van der Waals surface area contributed by atoms with E-state index in [1.807, 2.05) is 0 Å². The Morgan fingerprint density at radius 3 is 2.84 bits per heavy atom. The van der Waals surface area contributed by atoms with Crippen LogP contribution in [0.3, 0.4) is 0 Å². The average Bonchev–Trinajstić information content (AvgIpc) is 2.87. The monoisotopic (exact) mass is 268 g/mol. The number of nitrogens with zero attached hydrogens (tertiary/aromatic N) is 1. The number of methoxy groups -OCH3 is 1. The number of amides is 2. The standard InChI is InChI=1S/C13H20N2O4/c1-19-11-3-2-6-15(8-11)13(18)14-10-5-4-9(7-10)12(16)17/h4-5,9-11H,2-3,6-8H2,1H3,(H,14,18)(H,16,17). The topological polar surface area (TPSA) is 78.9 Å². The van der Waals surface area contributed by atoms with Gasteiger partial charge in [-0.3, -0.25) is 4.79 Å². The Labute approximate surface area is 112 Å². The quantitative estimate of drug-likeness (QED) is 0.743. The van der Waals surface area contributed by atoms with Gasteiger partial charge in [-0.25, -0.2) is 4.79 Å². The van der Waals surface area contributed by atoms with E-state index in [4.69, 9.17) is 9.84 Å². The van der Waals surface area contributed by atoms with Crippen molar-refractivity contribution in [2.75, 3.05) is 20.2 Å². The van der Waals surface area contributed by atoms with Crippen molar-refractivity contribution in [1.82, 2.24) is 10.2 Å². The summed E-state index contributed by atoms with van der Waals surface area (Å²) >= 11 is 0. The molecular formula is C13H20N2O4. The van der Waals surface area contributed by atoms with Gasteiger partial charge in [0.1, 0.15) is 0 Å². The molecule has 0 spiro atoms. The highest BCUT2D eigenvalue weighted by molar-refractivity contribution is 5.76. The van der Waals surface area contributed by atoms with E-state index >= 15 is 0 Å². The molecule has 2 rings (SSSR count). The van der Waals surface area contributed by atoms with Gasteiger partial charge in [-0.05, 0) is 19.3 Å². The predicted octanol–water partition coefficient (Wildman–Crippen LogP) is 0.836. The Hall–Kier alpha value is -1.56. The van der Waals surface area contributed by atoms with Gasteiger partial charge in [0.2, 0.25) is 0 Å². The molecule has 3 unspecified atom stereocenters. The number of rotatable bonds is 3. The summed E-state index contributed by atoms with van der Waals surface area (Å²) in [6.45, 7) is 1.33. The fourth-order valence-corrected chi connectivity index (χ4v) is 2.55. The SMILES string of the molecule is COC1CCCN(C(=O)NC2C=CC(C(=O)O)C2)C1. The minimum Gasteiger partial charge on any atom is -0.481 e. The molecule has 0 bridgehead atoms. The lowest BCUT2D eigenvalue weighted by molar-refractivity contribution is -0.140. The maximum absolute atomic E-state index is 12.1. The zero-order chi connectivity index (χ0) is 13.8. The third-order valence-corrected chi connectivity index (χ3v) is 3.71. The molecule has 6 nitrogen and oxygen atoms in total. The summed E-state index contributed by atoms with van der Waals surface area (Å²) in [5, 5.41) is 11.7. The van der Waals surface area contributed by atoms with Crippen molar-refractivity contribution in [1.29, 1.82) is 0 Å². The van der Waals surface area contributed by atoms with E-state index in [0.29, 0.717) is 13.0 Å². The molecule has 0 aromatic heterocycles. The van der Waals surface area contributed by atoms with Crippen molar-refractivity contribution < 1.29 is 19.4 Å². The highest BCUT2D eigenvalue weighted by Gasteiger charge is 2.28. The number of hydrogen-bond donors (Lipinski definition) is 2. The molecule has 2 N–H and O–H groups in total. The summed E-state index contributed by atoms with van der Waals surface area (Å²) in [6.07, 6.45) is 5.85. The highest BCUT2D eigenvalue weighted by Crippen LogP contribution is 2.19. The van der Waals surface area contributed by atoms with Crippen LogP contribution in [0.25, 0.3) is 0 Å². The number of nitrogens with one attached hydrogen (secondary N) is 1. The molecule has 0 aromatic rings. The van der Waals surface area contributed by atoms with Crippen molar-refractivity contribution in [3.05, 3.63) is 12.2 Å². The normalized spacial score (nSPS) is 30.4. The number of ether oxygens (including phenoxy) is 1. The molecule has 1 aliphatic carbocycles. The molecule has 2 amide bonds. The first-order chi connectivity index (χ1) is 9.10. The van der Waals surface area contributed by atoms with Gasteiger partial charge in [-0.15, -0.1) is 0 Å². The predicted molar refractivity (Wildman–Crippen MR) is 68.8 cm³/mol. The molecule has 2 aliphatic rings. The Kier molecular flexibility index (Phi) is 4.42. The number of hydrogen-bond acceptors (Lipinski definition) is 3. The van der Waals surface area contributed by atoms with Crippen LogP contribution >= 0.6 is 0 Å². The molecule has 1 fully saturated rings. The molecular weight excluding hydrogens is 248 g/mol. The molecule has 0 aromatic carbocycles. The molecule has 1 saturated heterocycles. The first-order valence-electron chi connectivity index (χ1n) is 6.59. The number of aliphatic carboxylic acids is 1. The first-order valence-corrected chi connectivity index (χ1v) is 6.59. The average molecular weight is 268 g/mol. The Morgan fingerprint density at radius 1 is 1.42 bits per heavy atom. The Balaban J connectivity index is 1.82. The lowest BCUT2D eigenvalue weighted by Gasteiger charge is -2.32. The lowest BCUT2D eigenvalue weighted by Crippen LogP contribution is -2.49. The van der Waals surface area contributed by atoms with Crippen molar-refractivity contribution in [2.24, 2.45) is 5.92 Å². The zero-order valence-electron chi connectivity index (χ0n) is 11.0. The van der Waals surface area contributed by atoms with Gasteiger partial charge >= 0.3 is 12.0 Å². The van der Waals surface area contributed by atoms with E-state index in [-0.39, 0.29) is 18.2 Å². The first kappa shape index (κ1) is 13.9. The van der Waals surface area contributed by atoms with E-state index in [1.165, 1.54) is 0 Å². The van der Waals surface area contributed by atoms with Crippen molar-refractivity contribution in [3.63, 3.8) is 0 Å². The van der Waals surface area contributed by atoms with E-state index in [1.54, 1.807) is 24.2 Å². The second kappa shape index (κ2) is 6.06. The van der Waals surface area contributed by atoms with Gasteiger partial charge in [0, 0.05) is 20.2 Å². The minimum absolute atomic E-state index is 0.102. The molecule has 1 heterocycles. The van der Waals surface area contributed by atoms with Gasteiger partial charge < -0.3 is 20.1 Å². The second-order valence-electron chi connectivity index (χ2n) is 5.07. The Morgan fingerprint density at radius 2 is 2.21 bits per heavy atom. The summed E-state index contributed by atoms with van der Waals surface area (Å²) < 4.78 is 5.28. The summed E-state index contributed by atoms with van der Waals surface area (Å²) in [5.74, 6) is -1.33. The van der Waals surface area contributed by atoms with Crippen LogP contribution in [-0.2, 0) is 9.53 Å². The third kappa shape index (κ3) is 3.47. The van der Waals surface area contributed by atoms with E-state index in [9.17, 15) is 9.59 Å². The summed E-state index contributed by atoms with van der Waals surface area (Å²) in [6, 6.07) is -0.320. The summed E-state index contributed by atoms with van der Waals surface area (Å²) in [7, 11) is 1.66. The molecule has 106 valence electrons. The highest BCUT2D eigenvalue weighted by atomic mass is 16.5. The van der Waals surface area contributed by atoms with Crippen LogP contribution in [0.2, 0.25) is 0 Å². The molecule has 1 aliphatic heterocycles. The van der Waals surface area contributed by atoms with Crippen LogP contribution in [0.5, 0.6) is 0 Å². The summed E-state index contributed by atoms with van der Waals surface area (Å²) in [5.41, 5.74) is 0. The zero-order valence-corrected chi connectivity index (χ0v) is 11.0. The maximum atomic E-state index is 12.1. The van der Waals surface area contributed by atoms with Crippen LogP contribution in [0.1, 0.15) is 19.3 Å². The van der Waals surface area contributed by atoms with Crippen LogP contribution in [0, 0.1) is 5.92 Å². The van der Waals surface area contributed by atoms with Crippen molar-refractivity contribution in [3.8, 4) is 0 Å². The van der Waals surface area contributed by atoms with E-state index in [2.05, 4.69) is 5.32 Å². The molecule has 19 heavy (non-hydrogen) atoms. The van der Waals surface area contributed by atoms with Crippen molar-refractivity contribution in [2.45, 2.75) is 31.4 Å². The number of carboxylic acid groups (broad SMARTS) is 1. The van der Waals surface area contributed by atoms with Gasteiger partial charge in [0.05, 0.1) is 18.1 Å². The number of carbonyl (C=O) groups excluding carboxylic acids is 1. The largest absolute Gasteiger partial charge is 0.481 e. The summed E-state index contributed by atoms with van der Waals surface area (Å²) in [4.78, 5) is 24.6. The lowest BCUT2D eigenvalue weighted by atomic mass is 10.1. The van der Waals surface area contributed by atoms with Crippen LogP contribution in [-0.4, -0.2) is 54.4 Å². The second-order valence-corrected chi connectivity index (χ2v) is 5.07. The van der Waals surface area contributed by atoms with E-state index < -0.39 is 11.9 Å². The van der Waals surface area contributed by atoms with Crippen LogP contribution in [0.4, 0.5) is 4.79 Å². The number of carboxylic acids is 1. The molecule has 0 radical (unpaired) electrons. The Bertz CT molecular complexity index is 383. The fourth-order valence-electron chi connectivity index (χ4n) is 2.55. The third-order valence-electron chi connectivity index (χ3n) is 3.71. The maximum Gasteiger partial charge on any atom is 0.317 e.